The first-order chi connectivity index (χ1) is 11.7. The van der Waals surface area contributed by atoms with Crippen molar-refractivity contribution >= 4 is 16.8 Å². The molecule has 1 saturated heterocycles. The third-order valence-corrected chi connectivity index (χ3v) is 4.87. The van der Waals surface area contributed by atoms with E-state index in [2.05, 4.69) is 35.0 Å². The lowest BCUT2D eigenvalue weighted by Crippen LogP contribution is -2.49. The van der Waals surface area contributed by atoms with Gasteiger partial charge in [0.2, 0.25) is 5.91 Å². The van der Waals surface area contributed by atoms with Gasteiger partial charge in [-0.05, 0) is 31.0 Å². The summed E-state index contributed by atoms with van der Waals surface area (Å²) in [6.45, 7) is 7.36. The Balaban J connectivity index is 1.51. The molecule has 0 bridgehead atoms. The number of piperazine rings is 1. The Bertz CT molecular complexity index is 687. The number of ether oxygens (including phenoxy) is 1. The van der Waals surface area contributed by atoms with Gasteiger partial charge in [-0.2, -0.15) is 0 Å². The Kier molecular flexibility index (Phi) is 5.53. The zero-order chi connectivity index (χ0) is 16.9. The first kappa shape index (κ1) is 17.0. The third-order valence-electron chi connectivity index (χ3n) is 4.87. The molecule has 1 aliphatic heterocycles. The van der Waals surface area contributed by atoms with Crippen LogP contribution in [0.1, 0.15) is 17.5 Å². The molecule has 0 radical (unpaired) electrons. The number of H-pyrrole nitrogens is 1. The van der Waals surface area contributed by atoms with Crippen LogP contribution in [0.15, 0.2) is 24.4 Å². The number of methoxy groups -OCH3 is 1. The van der Waals surface area contributed by atoms with Gasteiger partial charge in [0.1, 0.15) is 0 Å². The zero-order valence-corrected chi connectivity index (χ0v) is 14.7. The van der Waals surface area contributed by atoms with Crippen LogP contribution in [0.4, 0.5) is 0 Å². The minimum atomic E-state index is 0.267. The number of carbonyl (C=O) groups is 1. The molecule has 1 aromatic heterocycles. The predicted molar refractivity (Wildman–Crippen MR) is 96.3 cm³/mol. The van der Waals surface area contributed by atoms with Gasteiger partial charge in [0, 0.05) is 63.4 Å². The topological polar surface area (TPSA) is 48.6 Å². The van der Waals surface area contributed by atoms with Crippen molar-refractivity contribution < 1.29 is 9.53 Å². The number of carbonyl (C=O) groups excluding carboxylic acids is 1. The summed E-state index contributed by atoms with van der Waals surface area (Å²) in [7, 11) is 1.73. The lowest BCUT2D eigenvalue weighted by molar-refractivity contribution is -0.132. The van der Waals surface area contributed by atoms with Crippen molar-refractivity contribution in [2.24, 2.45) is 0 Å². The quantitative estimate of drug-likeness (QED) is 0.884. The van der Waals surface area contributed by atoms with Gasteiger partial charge in [0.25, 0.3) is 0 Å². The molecule has 2 aromatic rings. The van der Waals surface area contributed by atoms with Gasteiger partial charge in [-0.1, -0.05) is 11.6 Å². The highest BCUT2D eigenvalue weighted by atomic mass is 16.5. The maximum Gasteiger partial charge on any atom is 0.222 e. The van der Waals surface area contributed by atoms with Crippen molar-refractivity contribution in [2.75, 3.05) is 46.4 Å². The van der Waals surface area contributed by atoms with Crippen molar-refractivity contribution in [1.82, 2.24) is 14.8 Å². The smallest absolute Gasteiger partial charge is 0.222 e. The average Bonchev–Trinajstić information content (AvgIpc) is 3.00. The number of fused-ring (bicyclic) bond motifs is 1. The molecule has 2 heterocycles. The minimum absolute atomic E-state index is 0.267. The molecule has 1 aromatic carbocycles. The van der Waals surface area contributed by atoms with Crippen LogP contribution in [0.25, 0.3) is 10.9 Å². The predicted octanol–water partition coefficient (Wildman–Crippen LogP) is 2.20. The van der Waals surface area contributed by atoms with Crippen molar-refractivity contribution in [1.29, 1.82) is 0 Å². The molecule has 0 spiro atoms. The van der Waals surface area contributed by atoms with Crippen LogP contribution in [-0.4, -0.2) is 67.1 Å². The maximum atomic E-state index is 12.5. The van der Waals surface area contributed by atoms with Crippen molar-refractivity contribution in [3.8, 4) is 0 Å². The largest absolute Gasteiger partial charge is 0.383 e. The van der Waals surface area contributed by atoms with Crippen LogP contribution in [0.2, 0.25) is 0 Å². The number of hydrogen-bond acceptors (Lipinski definition) is 3. The van der Waals surface area contributed by atoms with Crippen LogP contribution in [-0.2, 0) is 16.0 Å². The van der Waals surface area contributed by atoms with Crippen LogP contribution in [0.5, 0.6) is 0 Å². The van der Waals surface area contributed by atoms with Crippen LogP contribution < -0.4 is 0 Å². The standard InChI is InChI=1S/C19H27N3O2/c1-15-3-5-18-17(13-15)16(14-20-18)4-6-19(23)22-9-7-21(8-10-22)11-12-24-2/h3,5,13-14,20H,4,6-12H2,1-2H3. The Morgan fingerprint density at radius 1 is 1.25 bits per heavy atom. The SMILES string of the molecule is COCCN1CCN(C(=O)CCc2c[nH]c3ccc(C)cc23)CC1. The molecule has 0 atom stereocenters. The molecule has 0 aliphatic carbocycles. The number of hydrogen-bond donors (Lipinski definition) is 1. The molecular weight excluding hydrogens is 302 g/mol. The highest BCUT2D eigenvalue weighted by Gasteiger charge is 2.20. The summed E-state index contributed by atoms with van der Waals surface area (Å²) >= 11 is 0. The number of aromatic nitrogens is 1. The fraction of sp³-hybridized carbons (Fsp3) is 0.526. The van der Waals surface area contributed by atoms with E-state index >= 15 is 0 Å². The normalized spacial score (nSPS) is 16.0. The van der Waals surface area contributed by atoms with Gasteiger partial charge in [0.05, 0.1) is 6.61 Å². The average molecular weight is 329 g/mol. The molecule has 5 nitrogen and oxygen atoms in total. The number of rotatable bonds is 6. The minimum Gasteiger partial charge on any atom is -0.383 e. The van der Waals surface area contributed by atoms with Crippen LogP contribution >= 0.6 is 0 Å². The van der Waals surface area contributed by atoms with Gasteiger partial charge in [0.15, 0.2) is 0 Å². The molecule has 1 fully saturated rings. The van der Waals surface area contributed by atoms with E-state index in [1.54, 1.807) is 7.11 Å². The molecular formula is C19H27N3O2. The molecule has 5 heteroatoms. The zero-order valence-electron chi connectivity index (χ0n) is 14.7. The summed E-state index contributed by atoms with van der Waals surface area (Å²) in [5.41, 5.74) is 3.64. The second kappa shape index (κ2) is 7.81. The monoisotopic (exact) mass is 329 g/mol. The molecule has 3 rings (SSSR count). The number of aromatic amines is 1. The Labute approximate surface area is 143 Å². The Hall–Kier alpha value is -1.85. The van der Waals surface area contributed by atoms with E-state index in [1.165, 1.54) is 16.5 Å². The van der Waals surface area contributed by atoms with Crippen molar-refractivity contribution in [3.63, 3.8) is 0 Å². The Morgan fingerprint density at radius 3 is 2.79 bits per heavy atom. The fourth-order valence-electron chi connectivity index (χ4n) is 3.34. The van der Waals surface area contributed by atoms with Gasteiger partial charge in [-0.3, -0.25) is 9.69 Å². The number of nitrogens with one attached hydrogen (secondary N) is 1. The summed E-state index contributed by atoms with van der Waals surface area (Å²) in [5, 5.41) is 1.24. The highest BCUT2D eigenvalue weighted by molar-refractivity contribution is 5.85. The number of amides is 1. The van der Waals surface area contributed by atoms with E-state index in [0.29, 0.717) is 6.42 Å². The summed E-state index contributed by atoms with van der Waals surface area (Å²) in [4.78, 5) is 20.2. The summed E-state index contributed by atoms with van der Waals surface area (Å²) in [5.74, 6) is 0.267. The second-order valence-corrected chi connectivity index (χ2v) is 6.58. The molecule has 1 amide bonds. The highest BCUT2D eigenvalue weighted by Crippen LogP contribution is 2.21. The van der Waals surface area contributed by atoms with Crippen LogP contribution in [0, 0.1) is 6.92 Å². The van der Waals surface area contributed by atoms with E-state index in [4.69, 9.17) is 4.74 Å². The lowest BCUT2D eigenvalue weighted by atomic mass is 10.1. The Morgan fingerprint density at radius 2 is 2.04 bits per heavy atom. The van der Waals surface area contributed by atoms with Gasteiger partial charge < -0.3 is 14.6 Å². The lowest BCUT2D eigenvalue weighted by Gasteiger charge is -2.34. The first-order valence-corrected chi connectivity index (χ1v) is 8.73. The summed E-state index contributed by atoms with van der Waals surface area (Å²) < 4.78 is 5.12. The van der Waals surface area contributed by atoms with Crippen molar-refractivity contribution in [3.05, 3.63) is 35.5 Å². The van der Waals surface area contributed by atoms with E-state index in [0.717, 1.165) is 51.3 Å². The molecule has 1 aliphatic rings. The fourth-order valence-corrected chi connectivity index (χ4v) is 3.34. The number of nitrogens with zero attached hydrogens (tertiary/aromatic N) is 2. The molecule has 130 valence electrons. The van der Waals surface area contributed by atoms with Crippen LogP contribution in [0.3, 0.4) is 0 Å². The van der Waals surface area contributed by atoms with E-state index in [9.17, 15) is 4.79 Å². The number of aryl methyl sites for hydroxylation is 2. The summed E-state index contributed by atoms with van der Waals surface area (Å²) in [6.07, 6.45) is 3.42. The van der Waals surface area contributed by atoms with E-state index in [-0.39, 0.29) is 5.91 Å². The molecule has 0 saturated carbocycles. The second-order valence-electron chi connectivity index (χ2n) is 6.58. The molecule has 24 heavy (non-hydrogen) atoms. The third kappa shape index (κ3) is 3.97. The van der Waals surface area contributed by atoms with Gasteiger partial charge in [-0.15, -0.1) is 0 Å². The van der Waals surface area contributed by atoms with E-state index in [1.807, 2.05) is 11.1 Å². The van der Waals surface area contributed by atoms with Crippen molar-refractivity contribution in [2.45, 2.75) is 19.8 Å². The van der Waals surface area contributed by atoms with E-state index < -0.39 is 0 Å². The molecule has 1 N–H and O–H groups in total. The summed E-state index contributed by atoms with van der Waals surface area (Å²) in [6, 6.07) is 6.41. The first-order valence-electron chi connectivity index (χ1n) is 8.73. The maximum absolute atomic E-state index is 12.5. The molecule has 0 unspecified atom stereocenters. The number of benzene rings is 1. The van der Waals surface area contributed by atoms with Gasteiger partial charge >= 0.3 is 0 Å². The van der Waals surface area contributed by atoms with Gasteiger partial charge in [-0.25, -0.2) is 0 Å².